The molecule has 0 aliphatic rings. The summed E-state index contributed by atoms with van der Waals surface area (Å²) >= 11 is 0. The predicted molar refractivity (Wildman–Crippen MR) is 55.6 cm³/mol. The van der Waals surface area contributed by atoms with Gasteiger partial charge in [-0.15, -0.1) is 4.20 Å². The van der Waals surface area contributed by atoms with Gasteiger partial charge in [-0.3, -0.25) is 0 Å². The maximum atomic E-state index is 13.3. The highest BCUT2D eigenvalue weighted by atomic mass is 31.2. The fourth-order valence-electron chi connectivity index (χ4n) is 1.03. The first-order valence-corrected chi connectivity index (χ1v) is 6.37. The number of unbranched alkanes of at least 4 members (excludes halogenated alkanes) is 1. The van der Waals surface area contributed by atoms with E-state index >= 15 is 0 Å². The van der Waals surface area contributed by atoms with E-state index in [4.69, 9.17) is 4.52 Å². The van der Waals surface area contributed by atoms with Crippen molar-refractivity contribution in [1.29, 1.82) is 0 Å². The number of para-hydroxylation sites is 1. The van der Waals surface area contributed by atoms with Gasteiger partial charge in [0.05, 0.1) is 6.16 Å². The first kappa shape index (κ1) is 11.3. The summed E-state index contributed by atoms with van der Waals surface area (Å²) < 4.78 is 29.3. The molecule has 14 heavy (non-hydrogen) atoms. The lowest BCUT2D eigenvalue weighted by Gasteiger charge is -2.10. The lowest BCUT2D eigenvalue weighted by Crippen LogP contribution is -1.92. The van der Waals surface area contributed by atoms with E-state index in [1.165, 1.54) is 0 Å². The molecule has 0 saturated carbocycles. The minimum Gasteiger partial charge on any atom is -0.422 e. The summed E-state index contributed by atoms with van der Waals surface area (Å²) in [7, 11) is -3.93. The molecule has 0 aromatic heterocycles. The highest BCUT2D eigenvalue weighted by Crippen LogP contribution is 2.49. The molecule has 0 aliphatic carbocycles. The molecule has 1 atom stereocenters. The number of hydrogen-bond acceptors (Lipinski definition) is 2. The highest BCUT2D eigenvalue weighted by Gasteiger charge is 2.22. The fraction of sp³-hybridized carbons (Fsp3) is 0.400. The van der Waals surface area contributed by atoms with E-state index in [1.807, 2.05) is 6.92 Å². The van der Waals surface area contributed by atoms with Crippen molar-refractivity contribution in [1.82, 2.24) is 0 Å². The summed E-state index contributed by atoms with van der Waals surface area (Å²) in [6.45, 7) is 1.92. The third-order valence-electron chi connectivity index (χ3n) is 1.76. The van der Waals surface area contributed by atoms with Gasteiger partial charge in [0.2, 0.25) is 0 Å². The van der Waals surface area contributed by atoms with Crippen LogP contribution in [0.3, 0.4) is 0 Å². The molecular formula is C10H14FO2P. The third kappa shape index (κ3) is 3.93. The van der Waals surface area contributed by atoms with Gasteiger partial charge in [-0.2, -0.15) is 0 Å². The Hall–Kier alpha value is -0.820. The predicted octanol–water partition coefficient (Wildman–Crippen LogP) is 4.03. The second-order valence-corrected chi connectivity index (χ2v) is 4.88. The monoisotopic (exact) mass is 216 g/mol. The lowest BCUT2D eigenvalue weighted by molar-refractivity contribution is 0.432. The van der Waals surface area contributed by atoms with E-state index in [-0.39, 0.29) is 6.16 Å². The second-order valence-electron chi connectivity index (χ2n) is 3.07. The average Bonchev–Trinajstić information content (AvgIpc) is 2.16. The molecule has 0 saturated heterocycles. The summed E-state index contributed by atoms with van der Waals surface area (Å²) in [4.78, 5) is 0. The van der Waals surface area contributed by atoms with Gasteiger partial charge in [-0.1, -0.05) is 31.5 Å². The van der Waals surface area contributed by atoms with Gasteiger partial charge in [-0.05, 0) is 18.6 Å². The molecule has 0 aliphatic heterocycles. The summed E-state index contributed by atoms with van der Waals surface area (Å²) in [5.41, 5.74) is 0. The van der Waals surface area contributed by atoms with Gasteiger partial charge in [-0.25, -0.2) is 4.57 Å². The minimum atomic E-state index is -3.93. The third-order valence-corrected chi connectivity index (χ3v) is 3.10. The molecule has 1 aromatic rings. The van der Waals surface area contributed by atoms with Crippen molar-refractivity contribution in [3.8, 4) is 5.75 Å². The van der Waals surface area contributed by atoms with E-state index in [0.29, 0.717) is 12.2 Å². The normalized spacial score (nSPS) is 14.7. The first-order chi connectivity index (χ1) is 6.64. The molecule has 0 spiro atoms. The van der Waals surface area contributed by atoms with Crippen LogP contribution in [0.4, 0.5) is 4.20 Å². The summed E-state index contributed by atoms with van der Waals surface area (Å²) in [5.74, 6) is 0.328. The van der Waals surface area contributed by atoms with Crippen molar-refractivity contribution in [2.24, 2.45) is 0 Å². The minimum absolute atomic E-state index is 0.00159. The Bertz CT molecular complexity index is 313. The maximum Gasteiger partial charge on any atom is 0.415 e. The Balaban J connectivity index is 2.55. The zero-order valence-electron chi connectivity index (χ0n) is 8.15. The topological polar surface area (TPSA) is 26.3 Å². The van der Waals surface area contributed by atoms with Gasteiger partial charge in [0.15, 0.2) is 0 Å². The van der Waals surface area contributed by atoms with Crippen molar-refractivity contribution in [3.05, 3.63) is 30.3 Å². The van der Waals surface area contributed by atoms with Crippen molar-refractivity contribution in [2.75, 3.05) is 6.16 Å². The van der Waals surface area contributed by atoms with Crippen LogP contribution in [0.2, 0.25) is 0 Å². The van der Waals surface area contributed by atoms with Crippen LogP contribution < -0.4 is 4.52 Å². The molecule has 78 valence electrons. The van der Waals surface area contributed by atoms with Crippen molar-refractivity contribution >= 4 is 7.68 Å². The molecule has 0 amide bonds. The Morgan fingerprint density at radius 2 is 2.00 bits per heavy atom. The highest BCUT2D eigenvalue weighted by molar-refractivity contribution is 7.53. The summed E-state index contributed by atoms with van der Waals surface area (Å²) in [6.07, 6.45) is 1.39. The van der Waals surface area contributed by atoms with E-state index in [1.54, 1.807) is 30.3 Å². The van der Waals surface area contributed by atoms with Crippen LogP contribution in [0, 0.1) is 0 Å². The van der Waals surface area contributed by atoms with Crippen LogP contribution in [0.25, 0.3) is 0 Å². The number of benzene rings is 1. The van der Waals surface area contributed by atoms with E-state index < -0.39 is 7.68 Å². The van der Waals surface area contributed by atoms with Crippen LogP contribution in [0.15, 0.2) is 30.3 Å². The van der Waals surface area contributed by atoms with Gasteiger partial charge in [0, 0.05) is 0 Å². The number of hydrogen-bond donors (Lipinski definition) is 0. The molecule has 0 radical (unpaired) electrons. The average molecular weight is 216 g/mol. The number of rotatable bonds is 5. The van der Waals surface area contributed by atoms with E-state index in [9.17, 15) is 8.76 Å². The van der Waals surface area contributed by atoms with E-state index in [0.717, 1.165) is 6.42 Å². The zero-order chi connectivity index (χ0) is 10.4. The zero-order valence-corrected chi connectivity index (χ0v) is 9.04. The Labute approximate surface area is 83.7 Å². The summed E-state index contributed by atoms with van der Waals surface area (Å²) in [6, 6.07) is 8.42. The van der Waals surface area contributed by atoms with Crippen LogP contribution in [-0.4, -0.2) is 6.16 Å². The molecular weight excluding hydrogens is 202 g/mol. The molecule has 0 bridgehead atoms. The molecule has 2 nitrogen and oxygen atoms in total. The Morgan fingerprint density at radius 3 is 2.57 bits per heavy atom. The molecule has 0 heterocycles. The van der Waals surface area contributed by atoms with Gasteiger partial charge in [0.25, 0.3) is 0 Å². The molecule has 1 rings (SSSR count). The second kappa shape index (κ2) is 5.16. The fourth-order valence-corrected chi connectivity index (χ4v) is 2.25. The van der Waals surface area contributed by atoms with Crippen molar-refractivity contribution in [3.63, 3.8) is 0 Å². The first-order valence-electron chi connectivity index (χ1n) is 4.67. The molecule has 1 unspecified atom stereocenters. The summed E-state index contributed by atoms with van der Waals surface area (Å²) in [5, 5.41) is 0. The molecule has 1 aromatic carbocycles. The quantitative estimate of drug-likeness (QED) is 0.694. The van der Waals surface area contributed by atoms with Crippen LogP contribution in [-0.2, 0) is 4.57 Å². The number of halogens is 1. The maximum absolute atomic E-state index is 13.3. The smallest absolute Gasteiger partial charge is 0.415 e. The van der Waals surface area contributed by atoms with Crippen LogP contribution in [0.1, 0.15) is 19.8 Å². The SMILES string of the molecule is CCCCP(=O)(F)Oc1ccccc1. The van der Waals surface area contributed by atoms with Crippen molar-refractivity contribution in [2.45, 2.75) is 19.8 Å². The lowest BCUT2D eigenvalue weighted by atomic mass is 10.3. The van der Waals surface area contributed by atoms with Gasteiger partial charge >= 0.3 is 7.68 Å². The van der Waals surface area contributed by atoms with Crippen LogP contribution >= 0.6 is 7.68 Å². The largest absolute Gasteiger partial charge is 0.422 e. The van der Waals surface area contributed by atoms with Gasteiger partial charge < -0.3 is 4.52 Å². The molecule has 4 heteroatoms. The Kier molecular flexibility index (Phi) is 4.15. The van der Waals surface area contributed by atoms with Crippen LogP contribution in [0.5, 0.6) is 5.75 Å². The molecule has 0 fully saturated rings. The van der Waals surface area contributed by atoms with Gasteiger partial charge in [0.1, 0.15) is 5.75 Å². The Morgan fingerprint density at radius 1 is 1.36 bits per heavy atom. The standard InChI is InChI=1S/C10H14FO2P/c1-2-3-9-14(11,12)13-10-7-5-4-6-8-10/h4-8H,2-3,9H2,1H3. The van der Waals surface area contributed by atoms with Crippen molar-refractivity contribution < 1.29 is 13.3 Å². The molecule has 0 N–H and O–H groups in total. The van der Waals surface area contributed by atoms with E-state index in [2.05, 4.69) is 0 Å².